The van der Waals surface area contributed by atoms with E-state index >= 15 is 0 Å². The van der Waals surface area contributed by atoms with Crippen LogP contribution in [0.4, 0.5) is 0 Å². The zero-order valence-electron chi connectivity index (χ0n) is 21.9. The van der Waals surface area contributed by atoms with E-state index in [0.29, 0.717) is 21.7 Å². The van der Waals surface area contributed by atoms with Crippen LogP contribution in [0, 0.1) is 27.6 Å². The number of hydrogen-bond donors (Lipinski definition) is 1. The molecule has 0 fully saturated rings. The standard InChI is InChI=1S/C27H57N/c1-12-15-27(13-2,22-25(7,8)9)21-23(3)14-16-26(10,11)18-20-28-19-17-24(4,5)6/h23,28H,12-22H2,1-11H3. The first-order valence-corrected chi connectivity index (χ1v) is 12.3. The van der Waals surface area contributed by atoms with Gasteiger partial charge in [0, 0.05) is 0 Å². The molecule has 0 aliphatic carbocycles. The second-order valence-corrected chi connectivity index (χ2v) is 13.2. The maximum atomic E-state index is 3.68. The van der Waals surface area contributed by atoms with E-state index < -0.39 is 0 Å². The molecule has 0 spiro atoms. The third-order valence-corrected chi connectivity index (χ3v) is 6.56. The van der Waals surface area contributed by atoms with Crippen molar-refractivity contribution < 1.29 is 0 Å². The third-order valence-electron chi connectivity index (χ3n) is 6.56. The number of hydrogen-bond acceptors (Lipinski definition) is 1. The summed E-state index contributed by atoms with van der Waals surface area (Å²) in [4.78, 5) is 0. The van der Waals surface area contributed by atoms with Crippen LogP contribution in [0.5, 0.6) is 0 Å². The Morgan fingerprint density at radius 1 is 0.714 bits per heavy atom. The molecule has 0 heterocycles. The van der Waals surface area contributed by atoms with Crippen molar-refractivity contribution in [2.45, 2.75) is 134 Å². The molecule has 0 aromatic heterocycles. The van der Waals surface area contributed by atoms with E-state index in [-0.39, 0.29) is 0 Å². The maximum absolute atomic E-state index is 3.68. The van der Waals surface area contributed by atoms with Crippen molar-refractivity contribution in [3.05, 3.63) is 0 Å². The molecule has 0 rings (SSSR count). The molecule has 0 bridgehead atoms. The lowest BCUT2D eigenvalue weighted by Crippen LogP contribution is -2.29. The van der Waals surface area contributed by atoms with Crippen LogP contribution in [-0.4, -0.2) is 13.1 Å². The van der Waals surface area contributed by atoms with Gasteiger partial charge in [-0.3, -0.25) is 0 Å². The first kappa shape index (κ1) is 28.0. The minimum atomic E-state index is 0.433. The van der Waals surface area contributed by atoms with Crippen LogP contribution in [0.1, 0.15) is 134 Å². The fourth-order valence-electron chi connectivity index (χ4n) is 4.98. The van der Waals surface area contributed by atoms with E-state index in [1.54, 1.807) is 0 Å². The van der Waals surface area contributed by atoms with Crippen molar-refractivity contribution in [3.8, 4) is 0 Å². The van der Waals surface area contributed by atoms with E-state index in [2.05, 4.69) is 81.5 Å². The molecule has 170 valence electrons. The van der Waals surface area contributed by atoms with Crippen molar-refractivity contribution in [1.29, 1.82) is 0 Å². The molecule has 2 atom stereocenters. The SMILES string of the molecule is CCCC(CC)(CC(C)CCC(C)(C)CCNCCC(C)(C)C)CC(C)(C)C. The molecule has 0 aliphatic heterocycles. The summed E-state index contributed by atoms with van der Waals surface area (Å²) in [6, 6.07) is 0. The van der Waals surface area contributed by atoms with Gasteiger partial charge in [0.15, 0.2) is 0 Å². The molecule has 0 saturated heterocycles. The third kappa shape index (κ3) is 14.0. The number of rotatable bonds is 14. The van der Waals surface area contributed by atoms with Crippen LogP contribution in [0.15, 0.2) is 0 Å². The lowest BCUT2D eigenvalue weighted by atomic mass is 9.65. The van der Waals surface area contributed by atoms with E-state index in [9.17, 15) is 0 Å². The second kappa shape index (κ2) is 12.0. The van der Waals surface area contributed by atoms with Crippen molar-refractivity contribution in [3.63, 3.8) is 0 Å². The monoisotopic (exact) mass is 395 g/mol. The minimum absolute atomic E-state index is 0.433. The molecule has 28 heavy (non-hydrogen) atoms. The molecule has 0 amide bonds. The van der Waals surface area contributed by atoms with E-state index in [4.69, 9.17) is 0 Å². The van der Waals surface area contributed by atoms with E-state index in [1.807, 2.05) is 0 Å². The first-order valence-electron chi connectivity index (χ1n) is 12.3. The summed E-state index contributed by atoms with van der Waals surface area (Å²) in [5.74, 6) is 0.835. The normalized spacial score (nSPS) is 16.8. The van der Waals surface area contributed by atoms with Crippen molar-refractivity contribution >= 4 is 0 Å². The smallest absolute Gasteiger partial charge is 0.00438 e. The van der Waals surface area contributed by atoms with Crippen LogP contribution in [0.2, 0.25) is 0 Å². The van der Waals surface area contributed by atoms with Crippen LogP contribution in [-0.2, 0) is 0 Å². The molecular weight excluding hydrogens is 338 g/mol. The summed E-state index contributed by atoms with van der Waals surface area (Å²) in [6.45, 7) is 28.8. The predicted molar refractivity (Wildman–Crippen MR) is 130 cm³/mol. The van der Waals surface area contributed by atoms with E-state index in [1.165, 1.54) is 57.8 Å². The molecule has 0 saturated carbocycles. The lowest BCUT2D eigenvalue weighted by molar-refractivity contribution is 0.107. The predicted octanol–water partition coefficient (Wildman–Crippen LogP) is 8.87. The summed E-state index contributed by atoms with van der Waals surface area (Å²) >= 11 is 0. The Kier molecular flexibility index (Phi) is 12.0. The Morgan fingerprint density at radius 2 is 1.29 bits per heavy atom. The van der Waals surface area contributed by atoms with Gasteiger partial charge in [-0.05, 0) is 79.2 Å². The Hall–Kier alpha value is -0.0400. The zero-order chi connectivity index (χ0) is 22.1. The number of nitrogens with one attached hydrogen (secondary N) is 1. The molecule has 0 aromatic rings. The summed E-state index contributed by atoms with van der Waals surface area (Å²) < 4.78 is 0. The highest BCUT2D eigenvalue weighted by atomic mass is 14.8. The summed E-state index contributed by atoms with van der Waals surface area (Å²) in [6.07, 6.45) is 12.1. The zero-order valence-corrected chi connectivity index (χ0v) is 21.9. The fraction of sp³-hybridized carbons (Fsp3) is 1.00. The summed E-state index contributed by atoms with van der Waals surface area (Å²) in [5, 5.41) is 3.68. The van der Waals surface area contributed by atoms with Crippen LogP contribution in [0.25, 0.3) is 0 Å². The van der Waals surface area contributed by atoms with Crippen LogP contribution < -0.4 is 5.32 Å². The largest absolute Gasteiger partial charge is 0.317 e. The van der Waals surface area contributed by atoms with E-state index in [0.717, 1.165) is 19.0 Å². The van der Waals surface area contributed by atoms with Gasteiger partial charge in [-0.2, -0.15) is 0 Å². The Labute approximate surface area is 180 Å². The van der Waals surface area contributed by atoms with Gasteiger partial charge < -0.3 is 5.32 Å². The van der Waals surface area contributed by atoms with Gasteiger partial charge in [-0.1, -0.05) is 95.4 Å². The van der Waals surface area contributed by atoms with Gasteiger partial charge >= 0.3 is 0 Å². The molecule has 0 aromatic carbocycles. The Morgan fingerprint density at radius 3 is 1.75 bits per heavy atom. The average Bonchev–Trinajstić information content (AvgIpc) is 2.50. The summed E-state index contributed by atoms with van der Waals surface area (Å²) in [7, 11) is 0. The quantitative estimate of drug-likeness (QED) is 0.289. The second-order valence-electron chi connectivity index (χ2n) is 13.2. The van der Waals surface area contributed by atoms with Gasteiger partial charge in [0.1, 0.15) is 0 Å². The highest BCUT2D eigenvalue weighted by Crippen LogP contribution is 2.46. The molecule has 0 radical (unpaired) electrons. The Bertz CT molecular complexity index is 395. The van der Waals surface area contributed by atoms with Crippen molar-refractivity contribution in [1.82, 2.24) is 5.32 Å². The maximum Gasteiger partial charge on any atom is -0.00438 e. The van der Waals surface area contributed by atoms with Crippen LogP contribution >= 0.6 is 0 Å². The van der Waals surface area contributed by atoms with Crippen molar-refractivity contribution in [2.24, 2.45) is 27.6 Å². The average molecular weight is 396 g/mol. The topological polar surface area (TPSA) is 12.0 Å². The lowest BCUT2D eigenvalue weighted by Gasteiger charge is -2.41. The Balaban J connectivity index is 4.48. The first-order chi connectivity index (χ1) is 12.6. The molecule has 0 aliphatic rings. The molecular formula is C27H57N. The van der Waals surface area contributed by atoms with Gasteiger partial charge in [0.05, 0.1) is 0 Å². The highest BCUT2D eigenvalue weighted by Gasteiger charge is 2.34. The fourth-order valence-corrected chi connectivity index (χ4v) is 4.98. The summed E-state index contributed by atoms with van der Waals surface area (Å²) in [5.41, 5.74) is 1.87. The highest BCUT2D eigenvalue weighted by molar-refractivity contribution is 4.85. The van der Waals surface area contributed by atoms with Crippen LogP contribution in [0.3, 0.4) is 0 Å². The molecule has 1 N–H and O–H groups in total. The molecule has 1 nitrogen and oxygen atoms in total. The van der Waals surface area contributed by atoms with Gasteiger partial charge in [-0.15, -0.1) is 0 Å². The minimum Gasteiger partial charge on any atom is -0.317 e. The van der Waals surface area contributed by atoms with Gasteiger partial charge in [-0.25, -0.2) is 0 Å². The van der Waals surface area contributed by atoms with Crippen molar-refractivity contribution in [2.75, 3.05) is 13.1 Å². The van der Waals surface area contributed by atoms with Gasteiger partial charge in [0.2, 0.25) is 0 Å². The molecule has 2 unspecified atom stereocenters. The molecule has 1 heteroatoms. The van der Waals surface area contributed by atoms with Gasteiger partial charge in [0.25, 0.3) is 0 Å².